The van der Waals surface area contributed by atoms with E-state index in [-0.39, 0.29) is 0 Å². The van der Waals surface area contributed by atoms with Crippen LogP contribution in [0.25, 0.3) is 0 Å². The molecular weight excluding hydrogens is 228 g/mol. The second-order valence-corrected chi connectivity index (χ2v) is 5.13. The van der Waals surface area contributed by atoms with E-state index < -0.39 is 0 Å². The zero-order valence-corrected chi connectivity index (χ0v) is 11.0. The van der Waals surface area contributed by atoms with Gasteiger partial charge in [0.15, 0.2) is 0 Å². The van der Waals surface area contributed by atoms with E-state index in [1.54, 1.807) is 0 Å². The van der Waals surface area contributed by atoms with E-state index in [4.69, 9.17) is 4.74 Å². The minimum atomic E-state index is 0.372. The third-order valence-electron chi connectivity index (χ3n) is 3.78. The fourth-order valence-electron chi connectivity index (χ4n) is 2.78. The van der Waals surface area contributed by atoms with Crippen molar-refractivity contribution >= 4 is 5.95 Å². The summed E-state index contributed by atoms with van der Waals surface area (Å²) >= 11 is 0. The van der Waals surface area contributed by atoms with Crippen LogP contribution < -0.4 is 10.6 Å². The number of nitrogens with one attached hydrogen (secondary N) is 2. The molecule has 1 aromatic heterocycles. The van der Waals surface area contributed by atoms with Gasteiger partial charge in [-0.1, -0.05) is 0 Å². The molecule has 18 heavy (non-hydrogen) atoms. The molecule has 2 aliphatic rings. The fourth-order valence-corrected chi connectivity index (χ4v) is 2.78. The van der Waals surface area contributed by atoms with Gasteiger partial charge in [-0.05, 0) is 26.7 Å². The molecule has 0 radical (unpaired) electrons. The number of anilines is 1. The second-order valence-electron chi connectivity index (χ2n) is 5.13. The Bertz CT molecular complexity index is 443. The summed E-state index contributed by atoms with van der Waals surface area (Å²) in [4.78, 5) is 9.22. The molecule has 0 aliphatic carbocycles. The van der Waals surface area contributed by atoms with Crippen molar-refractivity contribution in [1.82, 2.24) is 15.3 Å². The molecule has 2 N–H and O–H groups in total. The van der Waals surface area contributed by atoms with Crippen LogP contribution in [-0.4, -0.2) is 29.2 Å². The number of nitrogens with zero attached hydrogens (tertiary/aromatic N) is 2. The lowest BCUT2D eigenvalue weighted by atomic mass is 10.1. The molecule has 2 aliphatic heterocycles. The SMILES string of the molecule is Cc1nc(NC2CCOCC2)nc2c1C(C)NC2. The van der Waals surface area contributed by atoms with Gasteiger partial charge in [0, 0.05) is 43.1 Å². The first kappa shape index (κ1) is 11.9. The van der Waals surface area contributed by atoms with Crippen molar-refractivity contribution < 1.29 is 4.74 Å². The fraction of sp³-hybridized carbons (Fsp3) is 0.692. The highest BCUT2D eigenvalue weighted by molar-refractivity contribution is 5.39. The summed E-state index contributed by atoms with van der Waals surface area (Å²) in [6.45, 7) is 6.75. The van der Waals surface area contributed by atoms with Crippen LogP contribution >= 0.6 is 0 Å². The maximum absolute atomic E-state index is 5.36. The lowest BCUT2D eigenvalue weighted by molar-refractivity contribution is 0.0903. The third-order valence-corrected chi connectivity index (χ3v) is 3.78. The van der Waals surface area contributed by atoms with Gasteiger partial charge in [0.25, 0.3) is 0 Å². The molecule has 1 atom stereocenters. The topological polar surface area (TPSA) is 59.1 Å². The highest BCUT2D eigenvalue weighted by Crippen LogP contribution is 2.27. The van der Waals surface area contributed by atoms with Crippen LogP contribution in [-0.2, 0) is 11.3 Å². The Morgan fingerprint density at radius 2 is 2.06 bits per heavy atom. The summed E-state index contributed by atoms with van der Waals surface area (Å²) in [5.41, 5.74) is 3.50. The van der Waals surface area contributed by atoms with Gasteiger partial charge in [0.1, 0.15) is 0 Å². The second kappa shape index (κ2) is 4.82. The van der Waals surface area contributed by atoms with E-state index >= 15 is 0 Å². The minimum Gasteiger partial charge on any atom is -0.381 e. The summed E-state index contributed by atoms with van der Waals surface area (Å²) in [7, 11) is 0. The first-order chi connectivity index (χ1) is 8.74. The Morgan fingerprint density at radius 3 is 2.83 bits per heavy atom. The first-order valence-corrected chi connectivity index (χ1v) is 6.69. The zero-order chi connectivity index (χ0) is 12.5. The van der Waals surface area contributed by atoms with Crippen LogP contribution in [0.5, 0.6) is 0 Å². The summed E-state index contributed by atoms with van der Waals surface area (Å²) in [5, 5.41) is 6.84. The van der Waals surface area contributed by atoms with Crippen molar-refractivity contribution in [3.05, 3.63) is 17.0 Å². The molecule has 98 valence electrons. The largest absolute Gasteiger partial charge is 0.381 e. The van der Waals surface area contributed by atoms with E-state index in [1.807, 2.05) is 0 Å². The number of ether oxygens (including phenoxy) is 1. The van der Waals surface area contributed by atoms with Gasteiger partial charge in [0.2, 0.25) is 5.95 Å². The number of fused-ring (bicyclic) bond motifs is 1. The number of hydrogen-bond acceptors (Lipinski definition) is 5. The maximum atomic E-state index is 5.36. The van der Waals surface area contributed by atoms with Crippen LogP contribution in [0.15, 0.2) is 0 Å². The number of aromatic nitrogens is 2. The van der Waals surface area contributed by atoms with Crippen molar-refractivity contribution in [2.24, 2.45) is 0 Å². The van der Waals surface area contributed by atoms with Crippen LogP contribution in [0.2, 0.25) is 0 Å². The van der Waals surface area contributed by atoms with Gasteiger partial charge in [-0.25, -0.2) is 9.97 Å². The van der Waals surface area contributed by atoms with Gasteiger partial charge in [-0.15, -0.1) is 0 Å². The van der Waals surface area contributed by atoms with Crippen molar-refractivity contribution in [2.75, 3.05) is 18.5 Å². The van der Waals surface area contributed by atoms with E-state index in [0.29, 0.717) is 12.1 Å². The molecule has 1 unspecified atom stereocenters. The molecule has 1 aromatic rings. The van der Waals surface area contributed by atoms with Crippen molar-refractivity contribution in [2.45, 2.75) is 45.3 Å². The molecule has 0 spiro atoms. The number of rotatable bonds is 2. The Morgan fingerprint density at radius 1 is 1.28 bits per heavy atom. The Hall–Kier alpha value is -1.20. The predicted octanol–water partition coefficient (Wildman–Crippen LogP) is 1.54. The molecule has 0 amide bonds. The molecular formula is C13H20N4O. The van der Waals surface area contributed by atoms with Gasteiger partial charge in [-0.2, -0.15) is 0 Å². The van der Waals surface area contributed by atoms with E-state index in [1.165, 1.54) is 5.56 Å². The summed E-state index contributed by atoms with van der Waals surface area (Å²) in [6, 6.07) is 0.820. The minimum absolute atomic E-state index is 0.372. The van der Waals surface area contributed by atoms with E-state index in [9.17, 15) is 0 Å². The Balaban J connectivity index is 1.79. The molecule has 5 heteroatoms. The highest BCUT2D eigenvalue weighted by Gasteiger charge is 2.24. The monoisotopic (exact) mass is 248 g/mol. The lowest BCUT2D eigenvalue weighted by Gasteiger charge is -2.23. The van der Waals surface area contributed by atoms with Gasteiger partial charge >= 0.3 is 0 Å². The molecule has 0 aromatic carbocycles. The molecule has 5 nitrogen and oxygen atoms in total. The van der Waals surface area contributed by atoms with E-state index in [2.05, 4.69) is 34.4 Å². The normalized spacial score (nSPS) is 24.0. The van der Waals surface area contributed by atoms with Crippen LogP contribution in [0, 0.1) is 6.92 Å². The summed E-state index contributed by atoms with van der Waals surface area (Å²) in [6.07, 6.45) is 2.07. The molecule has 1 fully saturated rings. The zero-order valence-electron chi connectivity index (χ0n) is 11.0. The molecule has 1 saturated heterocycles. The third kappa shape index (κ3) is 2.20. The van der Waals surface area contributed by atoms with E-state index in [0.717, 1.165) is 49.9 Å². The quantitative estimate of drug-likeness (QED) is 0.831. The van der Waals surface area contributed by atoms with Gasteiger partial charge < -0.3 is 15.4 Å². The molecule has 0 bridgehead atoms. The number of hydrogen-bond donors (Lipinski definition) is 2. The van der Waals surface area contributed by atoms with Crippen LogP contribution in [0.4, 0.5) is 5.95 Å². The van der Waals surface area contributed by atoms with Crippen LogP contribution in [0.3, 0.4) is 0 Å². The Labute approximate surface area is 107 Å². The van der Waals surface area contributed by atoms with Gasteiger partial charge in [0.05, 0.1) is 5.69 Å². The smallest absolute Gasteiger partial charge is 0.223 e. The number of aryl methyl sites for hydroxylation is 1. The standard InChI is InChI=1S/C13H20N4O/c1-8-12-9(2)15-13(17-11(12)7-14-8)16-10-3-5-18-6-4-10/h8,10,14H,3-7H2,1-2H3,(H,15,16,17). The first-order valence-electron chi connectivity index (χ1n) is 6.69. The van der Waals surface area contributed by atoms with Crippen LogP contribution in [0.1, 0.15) is 42.8 Å². The average molecular weight is 248 g/mol. The summed E-state index contributed by atoms with van der Waals surface area (Å²) in [5.74, 6) is 0.772. The van der Waals surface area contributed by atoms with Crippen molar-refractivity contribution in [3.63, 3.8) is 0 Å². The van der Waals surface area contributed by atoms with Crippen molar-refractivity contribution in [3.8, 4) is 0 Å². The maximum Gasteiger partial charge on any atom is 0.223 e. The predicted molar refractivity (Wildman–Crippen MR) is 69.5 cm³/mol. The highest BCUT2D eigenvalue weighted by atomic mass is 16.5. The van der Waals surface area contributed by atoms with Crippen molar-refractivity contribution in [1.29, 1.82) is 0 Å². The van der Waals surface area contributed by atoms with Gasteiger partial charge in [-0.3, -0.25) is 0 Å². The summed E-state index contributed by atoms with van der Waals surface area (Å²) < 4.78 is 5.36. The Kier molecular flexibility index (Phi) is 3.18. The average Bonchev–Trinajstić information content (AvgIpc) is 2.72. The molecule has 3 heterocycles. The lowest BCUT2D eigenvalue weighted by Crippen LogP contribution is -2.29. The molecule has 0 saturated carbocycles. The molecule has 3 rings (SSSR count).